The fourth-order valence-electron chi connectivity index (χ4n) is 1.57. The first-order valence-electron chi connectivity index (χ1n) is 5.81. The van der Waals surface area contributed by atoms with Gasteiger partial charge in [-0.05, 0) is 17.2 Å². The molecular formula is C13H15FO5S. The fraction of sp³-hybridized carbons (Fsp3) is 0.385. The molecule has 0 bridgehead atoms. The Morgan fingerprint density at radius 2 is 2.00 bits per heavy atom. The lowest BCUT2D eigenvalue weighted by molar-refractivity contribution is -0.136. The number of hydrogen-bond acceptors (Lipinski definition) is 5. The standard InChI is InChI=1S/C13H15FO5S/c1-7(15)20-6-11(16)13(19)9-3-2-8(5-12(17)18)10(14)4-9/h2-4,11,13,16,19H,5-6H2,1H3,(H,17,18). The van der Waals surface area contributed by atoms with Gasteiger partial charge in [0.15, 0.2) is 5.12 Å². The monoisotopic (exact) mass is 302 g/mol. The molecule has 0 aliphatic carbocycles. The molecule has 0 heterocycles. The topological polar surface area (TPSA) is 94.8 Å². The fourth-order valence-corrected chi connectivity index (χ4v) is 2.16. The van der Waals surface area contributed by atoms with E-state index in [0.29, 0.717) is 0 Å². The minimum Gasteiger partial charge on any atom is -0.481 e. The van der Waals surface area contributed by atoms with Gasteiger partial charge >= 0.3 is 5.97 Å². The van der Waals surface area contributed by atoms with Crippen LogP contribution in [0, 0.1) is 5.82 Å². The third-order valence-electron chi connectivity index (χ3n) is 2.58. The van der Waals surface area contributed by atoms with Crippen molar-refractivity contribution in [3.63, 3.8) is 0 Å². The van der Waals surface area contributed by atoms with Crippen molar-refractivity contribution in [1.82, 2.24) is 0 Å². The van der Waals surface area contributed by atoms with Gasteiger partial charge in [-0.2, -0.15) is 0 Å². The van der Waals surface area contributed by atoms with E-state index in [1.807, 2.05) is 0 Å². The van der Waals surface area contributed by atoms with Gasteiger partial charge in [0.1, 0.15) is 11.9 Å². The van der Waals surface area contributed by atoms with E-state index in [-0.39, 0.29) is 22.0 Å². The highest BCUT2D eigenvalue weighted by Crippen LogP contribution is 2.22. The molecule has 20 heavy (non-hydrogen) atoms. The molecule has 0 aromatic heterocycles. The van der Waals surface area contributed by atoms with Crippen molar-refractivity contribution in [2.24, 2.45) is 0 Å². The van der Waals surface area contributed by atoms with E-state index in [1.54, 1.807) is 0 Å². The molecule has 0 amide bonds. The summed E-state index contributed by atoms with van der Waals surface area (Å²) in [6.45, 7) is 1.34. The number of carbonyl (C=O) groups excluding carboxylic acids is 1. The van der Waals surface area contributed by atoms with Crippen LogP contribution in [-0.4, -0.2) is 38.3 Å². The number of halogens is 1. The Morgan fingerprint density at radius 1 is 1.35 bits per heavy atom. The quantitative estimate of drug-likeness (QED) is 0.729. The normalized spacial score (nSPS) is 13.8. The second kappa shape index (κ2) is 7.37. The van der Waals surface area contributed by atoms with Crippen LogP contribution >= 0.6 is 11.8 Å². The Balaban J connectivity index is 2.78. The number of aliphatic hydroxyl groups is 2. The van der Waals surface area contributed by atoms with Crippen molar-refractivity contribution in [1.29, 1.82) is 0 Å². The van der Waals surface area contributed by atoms with Crippen LogP contribution in [0.15, 0.2) is 18.2 Å². The van der Waals surface area contributed by atoms with Gasteiger partial charge in [-0.3, -0.25) is 9.59 Å². The molecule has 0 radical (unpaired) electrons. The van der Waals surface area contributed by atoms with Crippen molar-refractivity contribution in [3.8, 4) is 0 Å². The number of carbonyl (C=O) groups is 2. The van der Waals surface area contributed by atoms with Gasteiger partial charge in [0.2, 0.25) is 0 Å². The molecule has 1 rings (SSSR count). The van der Waals surface area contributed by atoms with E-state index in [9.17, 15) is 24.2 Å². The van der Waals surface area contributed by atoms with Crippen molar-refractivity contribution < 1.29 is 29.3 Å². The Kier molecular flexibility index (Phi) is 6.12. The zero-order valence-corrected chi connectivity index (χ0v) is 11.6. The number of hydrogen-bond donors (Lipinski definition) is 3. The number of benzene rings is 1. The van der Waals surface area contributed by atoms with Gasteiger partial charge < -0.3 is 15.3 Å². The molecular weight excluding hydrogens is 287 g/mol. The molecule has 7 heteroatoms. The molecule has 3 N–H and O–H groups in total. The summed E-state index contributed by atoms with van der Waals surface area (Å²) in [7, 11) is 0. The number of carboxylic acid groups (broad SMARTS) is 1. The van der Waals surface area contributed by atoms with Gasteiger partial charge in [-0.15, -0.1) is 0 Å². The van der Waals surface area contributed by atoms with Crippen LogP contribution in [0.2, 0.25) is 0 Å². The first kappa shape index (κ1) is 16.6. The van der Waals surface area contributed by atoms with E-state index in [4.69, 9.17) is 5.11 Å². The maximum Gasteiger partial charge on any atom is 0.307 e. The van der Waals surface area contributed by atoms with Crippen molar-refractivity contribution in [3.05, 3.63) is 35.1 Å². The third kappa shape index (κ3) is 4.92. The van der Waals surface area contributed by atoms with Crippen LogP contribution in [0.25, 0.3) is 0 Å². The molecule has 0 saturated carbocycles. The Morgan fingerprint density at radius 3 is 2.50 bits per heavy atom. The average molecular weight is 302 g/mol. The summed E-state index contributed by atoms with van der Waals surface area (Å²) in [4.78, 5) is 21.3. The van der Waals surface area contributed by atoms with Gasteiger partial charge in [-0.1, -0.05) is 23.9 Å². The first-order chi connectivity index (χ1) is 9.31. The summed E-state index contributed by atoms with van der Waals surface area (Å²) < 4.78 is 13.6. The van der Waals surface area contributed by atoms with Gasteiger partial charge in [-0.25, -0.2) is 4.39 Å². The van der Waals surface area contributed by atoms with E-state index >= 15 is 0 Å². The van der Waals surface area contributed by atoms with Crippen molar-refractivity contribution >= 4 is 22.8 Å². The highest BCUT2D eigenvalue weighted by Gasteiger charge is 2.20. The average Bonchev–Trinajstić information content (AvgIpc) is 2.37. The molecule has 0 fully saturated rings. The number of carboxylic acids is 1. The van der Waals surface area contributed by atoms with E-state index in [2.05, 4.69) is 0 Å². The van der Waals surface area contributed by atoms with Crippen LogP contribution in [0.5, 0.6) is 0 Å². The maximum atomic E-state index is 13.6. The zero-order valence-electron chi connectivity index (χ0n) is 10.7. The highest BCUT2D eigenvalue weighted by molar-refractivity contribution is 8.13. The number of aliphatic carboxylic acids is 1. The second-order valence-electron chi connectivity index (χ2n) is 4.24. The molecule has 0 aliphatic heterocycles. The van der Waals surface area contributed by atoms with Crippen LogP contribution in [-0.2, 0) is 16.0 Å². The molecule has 1 aromatic rings. The van der Waals surface area contributed by atoms with Crippen molar-refractivity contribution in [2.75, 3.05) is 5.75 Å². The third-order valence-corrected chi connectivity index (χ3v) is 3.50. The first-order valence-corrected chi connectivity index (χ1v) is 6.79. The summed E-state index contributed by atoms with van der Waals surface area (Å²) in [5.74, 6) is -1.92. The second-order valence-corrected chi connectivity index (χ2v) is 5.43. The molecule has 0 saturated heterocycles. The van der Waals surface area contributed by atoms with Crippen molar-refractivity contribution in [2.45, 2.75) is 25.6 Å². The summed E-state index contributed by atoms with van der Waals surface area (Å²) in [5.41, 5.74) is 0.134. The summed E-state index contributed by atoms with van der Waals surface area (Å²) in [6.07, 6.45) is -3.01. The Labute approximate surface area is 119 Å². The minimum atomic E-state index is -1.34. The Bertz CT molecular complexity index is 506. The minimum absolute atomic E-state index is 0.000973. The van der Waals surface area contributed by atoms with Crippen LogP contribution in [0.3, 0.4) is 0 Å². The number of thioether (sulfide) groups is 1. The summed E-state index contributed by atoms with van der Waals surface area (Å²) in [5, 5.41) is 27.9. The van der Waals surface area contributed by atoms with E-state index < -0.39 is 30.4 Å². The SMILES string of the molecule is CC(=O)SCC(O)C(O)c1ccc(CC(=O)O)c(F)c1. The Hall–Kier alpha value is -1.44. The summed E-state index contributed by atoms with van der Waals surface area (Å²) >= 11 is 0.858. The van der Waals surface area contributed by atoms with Gasteiger partial charge in [0.05, 0.1) is 12.5 Å². The maximum absolute atomic E-state index is 13.6. The molecule has 0 aliphatic rings. The van der Waals surface area contributed by atoms with E-state index in [1.165, 1.54) is 19.1 Å². The summed E-state index contributed by atoms with van der Waals surface area (Å²) in [6, 6.07) is 3.60. The lowest BCUT2D eigenvalue weighted by Gasteiger charge is -2.17. The largest absolute Gasteiger partial charge is 0.481 e. The lowest BCUT2D eigenvalue weighted by Crippen LogP contribution is -2.21. The molecule has 110 valence electrons. The molecule has 0 spiro atoms. The predicted octanol–water partition coefficient (Wildman–Crippen LogP) is 1.13. The van der Waals surface area contributed by atoms with Crippen LogP contribution in [0.4, 0.5) is 4.39 Å². The predicted molar refractivity (Wildman–Crippen MR) is 71.8 cm³/mol. The zero-order chi connectivity index (χ0) is 15.3. The molecule has 2 unspecified atom stereocenters. The number of rotatable bonds is 6. The molecule has 2 atom stereocenters. The van der Waals surface area contributed by atoms with Gasteiger partial charge in [0, 0.05) is 12.7 Å². The highest BCUT2D eigenvalue weighted by atomic mass is 32.2. The van der Waals surface area contributed by atoms with Gasteiger partial charge in [0.25, 0.3) is 0 Å². The van der Waals surface area contributed by atoms with Crippen LogP contribution in [0.1, 0.15) is 24.2 Å². The smallest absolute Gasteiger partial charge is 0.307 e. The van der Waals surface area contributed by atoms with E-state index in [0.717, 1.165) is 17.8 Å². The van der Waals surface area contributed by atoms with Crippen LogP contribution < -0.4 is 0 Å². The molecule has 5 nitrogen and oxygen atoms in total. The lowest BCUT2D eigenvalue weighted by atomic mass is 10.0. The molecule has 1 aromatic carbocycles. The number of aliphatic hydroxyl groups excluding tert-OH is 2.